The summed E-state index contributed by atoms with van der Waals surface area (Å²) in [4.78, 5) is 4.27. The third kappa shape index (κ3) is 6.25. The normalized spacial score (nSPS) is 18.4. The van der Waals surface area contributed by atoms with E-state index in [1.54, 1.807) is 0 Å². The molecule has 2 fully saturated rings. The first kappa shape index (κ1) is 28.2. The molecule has 0 bridgehead atoms. The van der Waals surface area contributed by atoms with Crippen molar-refractivity contribution in [1.82, 2.24) is 0 Å². The van der Waals surface area contributed by atoms with Crippen molar-refractivity contribution in [1.29, 1.82) is 0 Å². The van der Waals surface area contributed by atoms with Gasteiger partial charge in [0.2, 0.25) is 0 Å². The van der Waals surface area contributed by atoms with Gasteiger partial charge in [0.15, 0.2) is 0 Å². The topological polar surface area (TPSA) is 23.6 Å². The molecular formula is C32H38IrN2OP. The third-order valence-electron chi connectivity index (χ3n) is 8.07. The molecule has 3 aromatic rings. The van der Waals surface area contributed by atoms with E-state index in [0.717, 1.165) is 11.0 Å². The van der Waals surface area contributed by atoms with Gasteiger partial charge in [-0.15, -0.1) is 11.0 Å². The Labute approximate surface area is 237 Å². The Bertz CT molecular complexity index is 1120. The van der Waals surface area contributed by atoms with Crippen molar-refractivity contribution >= 4 is 29.5 Å². The van der Waals surface area contributed by atoms with Gasteiger partial charge in [0.1, 0.15) is 0 Å². The van der Waals surface area contributed by atoms with E-state index >= 15 is 0 Å². The molecule has 2 saturated carbocycles. The minimum absolute atomic E-state index is 0. The summed E-state index contributed by atoms with van der Waals surface area (Å²) in [6, 6.07) is 31.0. The zero-order chi connectivity index (χ0) is 24.8. The van der Waals surface area contributed by atoms with Crippen LogP contribution in [0.1, 0.15) is 64.2 Å². The number of para-hydroxylation sites is 3. The average molecular weight is 690 g/mol. The summed E-state index contributed by atoms with van der Waals surface area (Å²) < 4.78 is 14.1. The Morgan fingerprint density at radius 1 is 0.730 bits per heavy atom. The molecule has 5 heteroatoms. The van der Waals surface area contributed by atoms with Gasteiger partial charge in [0, 0.05) is 22.7 Å². The van der Waals surface area contributed by atoms with Crippen LogP contribution in [0.15, 0.2) is 72.8 Å². The molecule has 1 aliphatic heterocycles. The predicted molar refractivity (Wildman–Crippen MR) is 153 cm³/mol. The van der Waals surface area contributed by atoms with Gasteiger partial charge in [-0.05, 0) is 44.9 Å². The summed E-state index contributed by atoms with van der Waals surface area (Å²) >= 11 is 0. The van der Waals surface area contributed by atoms with Crippen molar-refractivity contribution in [2.75, 3.05) is 16.8 Å². The van der Waals surface area contributed by atoms with E-state index in [-0.39, 0.29) is 20.1 Å². The number of hydrogen-bond acceptors (Lipinski definition) is 3. The van der Waals surface area contributed by atoms with Crippen LogP contribution in [0.5, 0.6) is 0 Å². The fourth-order valence-corrected chi connectivity index (χ4v) is 10.5. The minimum Gasteiger partial charge on any atom is -0.504 e. The van der Waals surface area contributed by atoms with Gasteiger partial charge < -0.3 is 14.4 Å². The third-order valence-corrected chi connectivity index (χ3v) is 12.3. The van der Waals surface area contributed by atoms with Crippen LogP contribution in [0.4, 0.5) is 17.1 Å². The van der Waals surface area contributed by atoms with Crippen LogP contribution in [0.2, 0.25) is 0 Å². The van der Waals surface area contributed by atoms with Gasteiger partial charge in [0.25, 0.3) is 0 Å². The monoisotopic (exact) mass is 690 g/mol. The second-order valence-corrected chi connectivity index (χ2v) is 13.7. The molecular weight excluding hydrogens is 652 g/mol. The molecule has 0 N–H and O–H groups in total. The number of nitrogens with zero attached hydrogens (tertiary/aromatic N) is 2. The predicted octanol–water partition coefficient (Wildman–Crippen LogP) is 8.33. The van der Waals surface area contributed by atoms with Crippen LogP contribution < -0.4 is 15.1 Å². The quantitative estimate of drug-likeness (QED) is 0.203. The van der Waals surface area contributed by atoms with Crippen LogP contribution in [0, 0.1) is 18.8 Å². The molecule has 0 spiro atoms. The zero-order valence-corrected chi connectivity index (χ0v) is 25.1. The van der Waals surface area contributed by atoms with Crippen LogP contribution in [0.3, 0.4) is 0 Å². The molecule has 1 heterocycles. The van der Waals surface area contributed by atoms with Gasteiger partial charge in [-0.2, -0.15) is 67.3 Å². The van der Waals surface area contributed by atoms with E-state index in [2.05, 4.69) is 72.0 Å². The first-order valence-corrected chi connectivity index (χ1v) is 15.5. The smallest absolute Gasteiger partial charge is 0.504 e. The summed E-state index contributed by atoms with van der Waals surface area (Å²) in [6.45, 7) is 2.08. The van der Waals surface area contributed by atoms with Crippen molar-refractivity contribution in [2.45, 2.75) is 75.5 Å². The van der Waals surface area contributed by atoms with Gasteiger partial charge in [0.05, 0.1) is 7.14 Å². The Balaban J connectivity index is 0.000000172. The van der Waals surface area contributed by atoms with Gasteiger partial charge >= 0.3 is 20.1 Å². The fourth-order valence-electron chi connectivity index (χ4n) is 6.21. The molecule has 0 saturated heterocycles. The maximum atomic E-state index is 14.1. The van der Waals surface area contributed by atoms with E-state index in [0.29, 0.717) is 11.3 Å². The van der Waals surface area contributed by atoms with Crippen molar-refractivity contribution < 1.29 is 24.7 Å². The van der Waals surface area contributed by atoms with E-state index < -0.39 is 7.14 Å². The molecule has 6 rings (SSSR count). The maximum absolute atomic E-state index is 14.1. The molecule has 3 aliphatic rings. The Kier molecular flexibility index (Phi) is 10.1. The van der Waals surface area contributed by atoms with Crippen molar-refractivity contribution in [2.24, 2.45) is 0 Å². The van der Waals surface area contributed by atoms with Gasteiger partial charge in [-0.1, -0.05) is 50.7 Å². The summed E-state index contributed by atoms with van der Waals surface area (Å²) in [5.41, 5.74) is 4.38. The van der Waals surface area contributed by atoms with Crippen LogP contribution in [-0.4, -0.2) is 18.4 Å². The van der Waals surface area contributed by atoms with Crippen molar-refractivity contribution in [3.63, 3.8) is 0 Å². The molecule has 0 amide bonds. The SMILES string of the molecule is CN1[CH-]N(c2[c-]cccc2)c2ccccc21.O=P(c1[c-]cccc1)(C1CCCCC1)C1CCCCC1.[Ir+3]. The molecule has 37 heavy (non-hydrogen) atoms. The van der Waals surface area contributed by atoms with E-state index in [4.69, 9.17) is 0 Å². The van der Waals surface area contributed by atoms with Gasteiger partial charge in [-0.3, -0.25) is 0 Å². The molecule has 0 radical (unpaired) electrons. The molecule has 3 nitrogen and oxygen atoms in total. The van der Waals surface area contributed by atoms with Crippen LogP contribution in [0.25, 0.3) is 0 Å². The average Bonchev–Trinajstić information content (AvgIpc) is 3.31. The van der Waals surface area contributed by atoms with Gasteiger partial charge in [-0.25, -0.2) is 0 Å². The molecule has 196 valence electrons. The van der Waals surface area contributed by atoms with E-state index in [9.17, 15) is 4.57 Å². The molecule has 3 aromatic carbocycles. The summed E-state index contributed by atoms with van der Waals surface area (Å²) in [5.74, 6) is 0. The molecule has 0 atom stereocenters. The summed E-state index contributed by atoms with van der Waals surface area (Å²) in [5, 5.41) is 1.05. The first-order valence-electron chi connectivity index (χ1n) is 13.7. The Morgan fingerprint density at radius 3 is 1.81 bits per heavy atom. The molecule has 2 aliphatic carbocycles. The number of rotatable bonds is 4. The standard InChI is InChI=1S/C18H26OP.C14H12N2.Ir/c19-20(16-10-4-1-5-11-16,17-12-6-2-7-13-17)18-14-8-3-9-15-18;1-15-11-16(12-7-3-2-4-8-12)14-10-6-5-9-13(14)15;/h1,4-5,10,17-18H,2-3,6-9,12-15H2;2-7,9-11H,1H3;/q-1;-2;+3. The zero-order valence-electron chi connectivity index (χ0n) is 21.8. The Hall–Kier alpha value is -1.86. The fraction of sp³-hybridized carbons (Fsp3) is 0.406. The number of fused-ring (bicyclic) bond motifs is 1. The van der Waals surface area contributed by atoms with E-state index in [1.165, 1.54) is 75.6 Å². The van der Waals surface area contributed by atoms with Crippen molar-refractivity contribution in [3.8, 4) is 0 Å². The van der Waals surface area contributed by atoms with Crippen molar-refractivity contribution in [3.05, 3.63) is 91.6 Å². The van der Waals surface area contributed by atoms with Crippen LogP contribution in [-0.2, 0) is 24.7 Å². The number of hydrogen-bond donors (Lipinski definition) is 0. The maximum Gasteiger partial charge on any atom is 3.00 e. The second kappa shape index (κ2) is 13.3. The number of benzene rings is 3. The Morgan fingerprint density at radius 2 is 1.27 bits per heavy atom. The first-order chi connectivity index (χ1) is 17.7. The summed E-state index contributed by atoms with van der Waals surface area (Å²) in [6.07, 6.45) is 12.5. The molecule has 0 unspecified atom stereocenters. The number of anilines is 3. The largest absolute Gasteiger partial charge is 3.00 e. The van der Waals surface area contributed by atoms with E-state index in [1.807, 2.05) is 36.4 Å². The second-order valence-electron chi connectivity index (χ2n) is 10.4. The summed E-state index contributed by atoms with van der Waals surface area (Å²) in [7, 11) is -0.221. The molecule has 0 aromatic heterocycles. The minimum atomic E-state index is -2.28. The van der Waals surface area contributed by atoms with Crippen LogP contribution >= 0.6 is 7.14 Å².